The van der Waals surface area contributed by atoms with Crippen LogP contribution in [0.2, 0.25) is 5.02 Å². The van der Waals surface area contributed by atoms with E-state index in [0.29, 0.717) is 11.0 Å². The highest BCUT2D eigenvalue weighted by atomic mass is 35.5. The molecule has 0 saturated carbocycles. The van der Waals surface area contributed by atoms with Gasteiger partial charge in [0, 0.05) is 35.5 Å². The van der Waals surface area contributed by atoms with Crippen molar-refractivity contribution in [1.82, 2.24) is 14.9 Å². The second-order valence-electron chi connectivity index (χ2n) is 6.53. The second-order valence-corrected chi connectivity index (χ2v) is 6.97. The van der Waals surface area contributed by atoms with Gasteiger partial charge in [-0.15, -0.1) is 0 Å². The number of hydrogen-bond acceptors (Lipinski definition) is 4. The van der Waals surface area contributed by atoms with Crippen molar-refractivity contribution >= 4 is 34.4 Å². The number of ether oxygens (including phenoxy) is 1. The van der Waals surface area contributed by atoms with E-state index < -0.39 is 35.1 Å². The number of nitrogens with zero attached hydrogens (tertiary/aromatic N) is 2. The molecule has 0 bridgehead atoms. The summed E-state index contributed by atoms with van der Waals surface area (Å²) in [6.07, 6.45) is 2.71. The highest BCUT2D eigenvalue weighted by molar-refractivity contribution is 6.31. The van der Waals surface area contributed by atoms with Gasteiger partial charge in [0.15, 0.2) is 0 Å². The summed E-state index contributed by atoms with van der Waals surface area (Å²) in [4.78, 5) is 32.8. The zero-order valence-corrected chi connectivity index (χ0v) is 15.7. The van der Waals surface area contributed by atoms with Crippen LogP contribution < -0.4 is 5.73 Å². The molecule has 4 rings (SSSR count). The normalized spacial score (nSPS) is 16.9. The lowest BCUT2D eigenvalue weighted by Gasteiger charge is -2.34. The fraction of sp³-hybridized carbons (Fsp3) is 0.211. The number of carbonyl (C=O) groups is 2. The summed E-state index contributed by atoms with van der Waals surface area (Å²) in [6, 6.07) is 2.03. The van der Waals surface area contributed by atoms with Gasteiger partial charge in [-0.05, 0) is 12.1 Å². The van der Waals surface area contributed by atoms with Gasteiger partial charge in [0.25, 0.3) is 0 Å². The maximum absolute atomic E-state index is 15.3. The summed E-state index contributed by atoms with van der Waals surface area (Å²) in [5.41, 5.74) is 4.96. The molecule has 2 amide bonds. The lowest BCUT2D eigenvalue weighted by molar-refractivity contribution is 0.0125. The van der Waals surface area contributed by atoms with E-state index in [-0.39, 0.29) is 35.9 Å². The minimum Gasteiger partial charge on any atom is -0.377 e. The summed E-state index contributed by atoms with van der Waals surface area (Å²) in [5, 5.41) is 0.615. The summed E-state index contributed by atoms with van der Waals surface area (Å²) < 4.78 is 35.2. The molecular weight excluding hydrogens is 406 g/mol. The van der Waals surface area contributed by atoms with Gasteiger partial charge >= 0.3 is 6.03 Å². The number of benzene rings is 1. The Balaban J connectivity index is 1.82. The molecule has 0 radical (unpaired) electrons. The van der Waals surface area contributed by atoms with Crippen LogP contribution in [0, 0.1) is 11.6 Å². The minimum atomic E-state index is -1.07. The average Bonchev–Trinajstić information content (AvgIpc) is 3.11. The third kappa shape index (κ3) is 3.32. The average molecular weight is 421 g/mol. The van der Waals surface area contributed by atoms with Gasteiger partial charge in [0.1, 0.15) is 17.3 Å². The Hall–Kier alpha value is -3.04. The summed E-state index contributed by atoms with van der Waals surface area (Å²) in [5.74, 6) is -2.97. The first-order valence-electron chi connectivity index (χ1n) is 8.67. The first-order chi connectivity index (χ1) is 13.9. The van der Waals surface area contributed by atoms with Crippen molar-refractivity contribution in [2.24, 2.45) is 5.73 Å². The van der Waals surface area contributed by atoms with Crippen molar-refractivity contribution in [3.05, 3.63) is 63.9 Å². The Labute approximate surface area is 168 Å². The number of rotatable bonds is 3. The van der Waals surface area contributed by atoms with Crippen LogP contribution in [0.1, 0.15) is 27.5 Å². The minimum absolute atomic E-state index is 0.0221. The second kappa shape index (κ2) is 7.41. The monoisotopic (exact) mass is 420 g/mol. The molecule has 1 unspecified atom stereocenters. The molecular formula is C19H15ClF2N4O3. The number of H-pyrrole nitrogens is 1. The zero-order valence-electron chi connectivity index (χ0n) is 14.9. The van der Waals surface area contributed by atoms with Gasteiger partial charge in [0.05, 0.1) is 29.8 Å². The fourth-order valence-corrected chi connectivity index (χ4v) is 3.62. The van der Waals surface area contributed by atoms with Crippen LogP contribution in [-0.2, 0) is 4.74 Å². The number of aromatic nitrogens is 2. The van der Waals surface area contributed by atoms with E-state index >= 15 is 4.39 Å². The molecule has 0 spiro atoms. The van der Waals surface area contributed by atoms with Crippen LogP contribution in [0.4, 0.5) is 13.6 Å². The molecule has 3 N–H and O–H groups in total. The lowest BCUT2D eigenvalue weighted by atomic mass is 9.96. The van der Waals surface area contributed by atoms with Crippen LogP contribution >= 0.6 is 11.6 Å². The molecule has 1 aliphatic rings. The molecule has 2 aromatic heterocycles. The van der Waals surface area contributed by atoms with Gasteiger partial charge < -0.3 is 20.4 Å². The molecule has 150 valence electrons. The van der Waals surface area contributed by atoms with E-state index in [1.54, 1.807) is 0 Å². The lowest BCUT2D eigenvalue weighted by Crippen LogP contribution is -2.46. The van der Waals surface area contributed by atoms with E-state index in [1.807, 2.05) is 0 Å². The maximum atomic E-state index is 15.3. The number of pyridine rings is 1. The van der Waals surface area contributed by atoms with Crippen LogP contribution in [0.5, 0.6) is 0 Å². The molecule has 1 saturated heterocycles. The Morgan fingerprint density at radius 3 is 2.90 bits per heavy atom. The number of amides is 2. The predicted molar refractivity (Wildman–Crippen MR) is 101 cm³/mol. The summed E-state index contributed by atoms with van der Waals surface area (Å²) >= 11 is 5.93. The van der Waals surface area contributed by atoms with E-state index in [1.165, 1.54) is 29.4 Å². The van der Waals surface area contributed by atoms with E-state index in [9.17, 15) is 14.0 Å². The molecule has 1 atom stereocenters. The molecule has 1 aromatic carbocycles. The topological polar surface area (TPSA) is 101 Å². The van der Waals surface area contributed by atoms with Crippen molar-refractivity contribution in [2.75, 3.05) is 19.8 Å². The van der Waals surface area contributed by atoms with E-state index in [4.69, 9.17) is 22.1 Å². The first-order valence-corrected chi connectivity index (χ1v) is 9.05. The van der Waals surface area contributed by atoms with E-state index in [2.05, 4.69) is 9.97 Å². The van der Waals surface area contributed by atoms with Gasteiger partial charge in [-0.1, -0.05) is 17.7 Å². The van der Waals surface area contributed by atoms with Crippen molar-refractivity contribution in [2.45, 2.75) is 6.04 Å². The van der Waals surface area contributed by atoms with Crippen LogP contribution in [0.25, 0.3) is 11.0 Å². The first kappa shape index (κ1) is 19.3. The van der Waals surface area contributed by atoms with Crippen molar-refractivity contribution in [3.8, 4) is 0 Å². The third-order valence-corrected chi connectivity index (χ3v) is 5.07. The van der Waals surface area contributed by atoms with Gasteiger partial charge in [-0.25, -0.2) is 18.6 Å². The van der Waals surface area contributed by atoms with Crippen molar-refractivity contribution in [3.63, 3.8) is 0 Å². The van der Waals surface area contributed by atoms with Gasteiger partial charge in [0.2, 0.25) is 5.78 Å². The molecule has 1 fully saturated rings. The SMILES string of the molecule is NC(=O)N1CCOCC1c1ccc(F)c(C(=O)c2c[nH]c3ncc(Cl)cc23)c1F. The molecule has 3 aromatic rings. The number of urea groups is 1. The fourth-order valence-electron chi connectivity index (χ4n) is 3.46. The Bertz CT molecular complexity index is 1130. The molecule has 0 aliphatic carbocycles. The van der Waals surface area contributed by atoms with Gasteiger partial charge in [-0.3, -0.25) is 4.79 Å². The van der Waals surface area contributed by atoms with Crippen LogP contribution in [0.15, 0.2) is 30.6 Å². The zero-order chi connectivity index (χ0) is 20.7. The Morgan fingerprint density at radius 2 is 2.14 bits per heavy atom. The number of carbonyl (C=O) groups excluding carboxylic acids is 2. The quantitative estimate of drug-likeness (QED) is 0.635. The summed E-state index contributed by atoms with van der Waals surface area (Å²) in [6.45, 7) is 0.385. The number of nitrogens with one attached hydrogen (secondary N) is 1. The number of aromatic amines is 1. The van der Waals surface area contributed by atoms with Gasteiger partial charge in [-0.2, -0.15) is 0 Å². The predicted octanol–water partition coefficient (Wildman–Crippen LogP) is 3.18. The molecule has 10 heteroatoms. The largest absolute Gasteiger partial charge is 0.377 e. The van der Waals surface area contributed by atoms with E-state index in [0.717, 1.165) is 6.07 Å². The van der Waals surface area contributed by atoms with Crippen LogP contribution in [-0.4, -0.2) is 46.4 Å². The Kier molecular flexibility index (Phi) is 4.93. The number of primary amides is 1. The standard InChI is InChI=1S/C19H15ClF2N4O3/c20-9-5-11-12(7-25-18(11)24-6-9)17(27)15-13(21)2-1-10(16(15)22)14-8-29-4-3-26(14)19(23)28/h1-2,5-7,14H,3-4,8H2,(H2,23,28)(H,24,25). The number of hydrogen-bond donors (Lipinski definition) is 2. The number of ketones is 1. The summed E-state index contributed by atoms with van der Waals surface area (Å²) in [7, 11) is 0. The smallest absolute Gasteiger partial charge is 0.315 e. The Morgan fingerprint density at radius 1 is 1.34 bits per heavy atom. The third-order valence-electron chi connectivity index (χ3n) is 4.86. The number of halogens is 3. The number of fused-ring (bicyclic) bond motifs is 1. The number of morpholine rings is 1. The number of nitrogens with two attached hydrogens (primary N) is 1. The van der Waals surface area contributed by atoms with Crippen molar-refractivity contribution in [1.29, 1.82) is 0 Å². The van der Waals surface area contributed by atoms with Crippen molar-refractivity contribution < 1.29 is 23.1 Å². The van der Waals surface area contributed by atoms with Crippen LogP contribution in [0.3, 0.4) is 0 Å². The molecule has 3 heterocycles. The maximum Gasteiger partial charge on any atom is 0.315 e. The molecule has 1 aliphatic heterocycles. The molecule has 7 nitrogen and oxygen atoms in total. The highest BCUT2D eigenvalue weighted by Gasteiger charge is 2.33. The highest BCUT2D eigenvalue weighted by Crippen LogP contribution is 2.31. The molecule has 29 heavy (non-hydrogen) atoms.